The van der Waals surface area contributed by atoms with E-state index < -0.39 is 0 Å². The van der Waals surface area contributed by atoms with Crippen LogP contribution >= 0.6 is 11.3 Å². The van der Waals surface area contributed by atoms with Gasteiger partial charge in [-0.1, -0.05) is 12.1 Å². The summed E-state index contributed by atoms with van der Waals surface area (Å²) >= 11 is 1.40. The van der Waals surface area contributed by atoms with Gasteiger partial charge in [0.05, 0.1) is 23.5 Å². The van der Waals surface area contributed by atoms with Crippen molar-refractivity contribution in [2.45, 2.75) is 20.8 Å². The highest BCUT2D eigenvalue weighted by molar-refractivity contribution is 7.13. The summed E-state index contributed by atoms with van der Waals surface area (Å²) in [6.07, 6.45) is 1.74. The van der Waals surface area contributed by atoms with Crippen molar-refractivity contribution in [3.05, 3.63) is 45.5 Å². The fourth-order valence-corrected chi connectivity index (χ4v) is 3.35. The number of thiazole rings is 1. The number of fused-ring (bicyclic) bond motifs is 1. The third-order valence-corrected chi connectivity index (χ3v) is 4.69. The van der Waals surface area contributed by atoms with Crippen molar-refractivity contribution in [3.63, 3.8) is 0 Å². The molecule has 0 bridgehead atoms. The van der Waals surface area contributed by atoms with E-state index in [0.717, 1.165) is 32.9 Å². The number of aryl methyl sites for hydroxylation is 3. The zero-order chi connectivity index (χ0) is 16.6. The normalized spacial score (nSPS) is 10.8. The number of methoxy groups -OCH3 is 1. The van der Waals surface area contributed by atoms with Crippen molar-refractivity contribution in [1.82, 2.24) is 9.97 Å². The minimum absolute atomic E-state index is 0.147. The third-order valence-electron chi connectivity index (χ3n) is 3.62. The highest BCUT2D eigenvalue weighted by Crippen LogP contribution is 2.31. The van der Waals surface area contributed by atoms with E-state index in [9.17, 15) is 4.79 Å². The summed E-state index contributed by atoms with van der Waals surface area (Å²) in [6.45, 7) is 5.66. The molecule has 3 rings (SSSR count). The maximum Gasteiger partial charge on any atom is 0.267 e. The Morgan fingerprint density at radius 2 is 2.04 bits per heavy atom. The van der Waals surface area contributed by atoms with Gasteiger partial charge in [0.15, 0.2) is 0 Å². The van der Waals surface area contributed by atoms with Crippen LogP contribution in [0.4, 0.5) is 5.69 Å². The Balaban J connectivity index is 2.07. The molecular weight excluding hydrogens is 310 g/mol. The first kappa shape index (κ1) is 15.4. The molecule has 1 aromatic carbocycles. The number of aromatic nitrogens is 2. The van der Waals surface area contributed by atoms with Gasteiger partial charge in [-0.2, -0.15) is 0 Å². The van der Waals surface area contributed by atoms with Crippen LogP contribution < -0.4 is 10.1 Å². The molecule has 1 amide bonds. The predicted octanol–water partition coefficient (Wildman–Crippen LogP) is 3.88. The second-order valence-corrected chi connectivity index (χ2v) is 6.48. The number of ether oxygens (including phenoxy) is 1. The lowest BCUT2D eigenvalue weighted by molar-refractivity contribution is 0.103. The predicted molar refractivity (Wildman–Crippen MR) is 92.6 cm³/mol. The van der Waals surface area contributed by atoms with Crippen LogP contribution in [0.3, 0.4) is 0 Å². The molecule has 23 heavy (non-hydrogen) atoms. The molecule has 2 aromatic heterocycles. The number of benzene rings is 1. The van der Waals surface area contributed by atoms with E-state index in [1.807, 2.05) is 39.0 Å². The maximum absolute atomic E-state index is 12.6. The number of nitrogens with one attached hydrogen (secondary N) is 1. The van der Waals surface area contributed by atoms with Crippen LogP contribution in [0.25, 0.3) is 10.9 Å². The number of para-hydroxylation sites is 1. The van der Waals surface area contributed by atoms with E-state index in [4.69, 9.17) is 4.74 Å². The van der Waals surface area contributed by atoms with Gasteiger partial charge in [0.1, 0.15) is 16.1 Å². The topological polar surface area (TPSA) is 64.1 Å². The van der Waals surface area contributed by atoms with Gasteiger partial charge >= 0.3 is 0 Å². The molecular formula is C17H17N3O2S. The Bertz CT molecular complexity index is 902. The summed E-state index contributed by atoms with van der Waals surface area (Å²) in [5.41, 5.74) is 3.13. The Hall–Kier alpha value is -2.47. The van der Waals surface area contributed by atoms with Crippen LogP contribution in [0.1, 0.15) is 25.9 Å². The van der Waals surface area contributed by atoms with Gasteiger partial charge in [-0.3, -0.25) is 9.78 Å². The molecule has 0 atom stereocenters. The molecule has 0 aliphatic carbocycles. The number of hydrogen-bond acceptors (Lipinski definition) is 5. The zero-order valence-electron chi connectivity index (χ0n) is 13.4. The number of nitrogens with zero attached hydrogens (tertiary/aromatic N) is 2. The maximum atomic E-state index is 12.6. The second-order valence-electron chi connectivity index (χ2n) is 5.27. The molecule has 0 aliphatic heterocycles. The van der Waals surface area contributed by atoms with E-state index in [1.165, 1.54) is 11.3 Å². The summed E-state index contributed by atoms with van der Waals surface area (Å²) in [5.74, 6) is 0.536. The summed E-state index contributed by atoms with van der Waals surface area (Å²) in [6, 6.07) is 5.67. The average Bonchev–Trinajstić information content (AvgIpc) is 2.88. The molecule has 1 N–H and O–H groups in total. The molecule has 2 heterocycles. The number of amides is 1. The minimum Gasteiger partial charge on any atom is -0.494 e. The SMILES string of the molecule is COc1cccc2c(NC(=O)c3sc(C)nc3C)c(C)cnc12. The largest absolute Gasteiger partial charge is 0.494 e. The van der Waals surface area contributed by atoms with Crippen LogP contribution in [0, 0.1) is 20.8 Å². The monoisotopic (exact) mass is 327 g/mol. The number of rotatable bonds is 3. The average molecular weight is 327 g/mol. The van der Waals surface area contributed by atoms with Crippen molar-refractivity contribution in [2.75, 3.05) is 12.4 Å². The summed E-state index contributed by atoms with van der Waals surface area (Å²) in [7, 11) is 1.61. The van der Waals surface area contributed by atoms with E-state index >= 15 is 0 Å². The van der Waals surface area contributed by atoms with Gasteiger partial charge in [-0.25, -0.2) is 4.98 Å². The zero-order valence-corrected chi connectivity index (χ0v) is 14.2. The number of anilines is 1. The lowest BCUT2D eigenvalue weighted by Gasteiger charge is -2.12. The quantitative estimate of drug-likeness (QED) is 0.793. The Labute approximate surface area is 138 Å². The molecule has 0 saturated heterocycles. The van der Waals surface area contributed by atoms with Crippen LogP contribution in [0.15, 0.2) is 24.4 Å². The van der Waals surface area contributed by atoms with Gasteiger partial charge in [0, 0.05) is 11.6 Å². The van der Waals surface area contributed by atoms with Crippen molar-refractivity contribution in [3.8, 4) is 5.75 Å². The van der Waals surface area contributed by atoms with Crippen LogP contribution in [0.5, 0.6) is 5.75 Å². The summed E-state index contributed by atoms with van der Waals surface area (Å²) in [4.78, 5) is 22.0. The molecule has 0 aliphatic rings. The first-order valence-electron chi connectivity index (χ1n) is 7.19. The molecule has 0 fully saturated rings. The standard InChI is InChI=1S/C17H17N3O2S/c1-9-8-18-15-12(6-5-7-13(15)22-4)14(9)20-17(21)16-10(2)19-11(3)23-16/h5-8H,1-4H3,(H,18,20,21). The molecule has 3 aromatic rings. The first-order valence-corrected chi connectivity index (χ1v) is 8.00. The number of pyridine rings is 1. The molecule has 0 saturated carbocycles. The van der Waals surface area contributed by atoms with E-state index in [0.29, 0.717) is 10.6 Å². The lowest BCUT2D eigenvalue weighted by Crippen LogP contribution is -2.13. The van der Waals surface area contributed by atoms with Gasteiger partial charge in [-0.05, 0) is 32.4 Å². The second kappa shape index (κ2) is 5.96. The third kappa shape index (κ3) is 2.77. The van der Waals surface area contributed by atoms with Gasteiger partial charge in [0.2, 0.25) is 0 Å². The van der Waals surface area contributed by atoms with Crippen LogP contribution in [-0.2, 0) is 0 Å². The minimum atomic E-state index is -0.147. The Morgan fingerprint density at radius 3 is 2.70 bits per heavy atom. The highest BCUT2D eigenvalue weighted by Gasteiger charge is 2.17. The van der Waals surface area contributed by atoms with E-state index in [-0.39, 0.29) is 5.91 Å². The summed E-state index contributed by atoms with van der Waals surface area (Å²) < 4.78 is 5.35. The smallest absolute Gasteiger partial charge is 0.267 e. The number of carbonyl (C=O) groups excluding carboxylic acids is 1. The highest BCUT2D eigenvalue weighted by atomic mass is 32.1. The van der Waals surface area contributed by atoms with E-state index in [1.54, 1.807) is 13.3 Å². The first-order chi connectivity index (χ1) is 11.0. The molecule has 0 spiro atoms. The number of hydrogen-bond donors (Lipinski definition) is 1. The molecule has 118 valence electrons. The van der Waals surface area contributed by atoms with Crippen molar-refractivity contribution < 1.29 is 9.53 Å². The van der Waals surface area contributed by atoms with Crippen LogP contribution in [-0.4, -0.2) is 23.0 Å². The lowest BCUT2D eigenvalue weighted by atomic mass is 10.1. The van der Waals surface area contributed by atoms with Crippen LogP contribution in [0.2, 0.25) is 0 Å². The molecule has 0 radical (unpaired) electrons. The molecule has 5 nitrogen and oxygen atoms in total. The Kier molecular flexibility index (Phi) is 4.00. The van der Waals surface area contributed by atoms with Crippen molar-refractivity contribution >= 4 is 33.8 Å². The van der Waals surface area contributed by atoms with Crippen molar-refractivity contribution in [2.24, 2.45) is 0 Å². The fourth-order valence-electron chi connectivity index (χ4n) is 2.54. The van der Waals surface area contributed by atoms with Gasteiger partial charge in [0.25, 0.3) is 5.91 Å². The fraction of sp³-hybridized carbons (Fsp3) is 0.235. The molecule has 6 heteroatoms. The van der Waals surface area contributed by atoms with E-state index in [2.05, 4.69) is 15.3 Å². The summed E-state index contributed by atoms with van der Waals surface area (Å²) in [5, 5.41) is 4.75. The molecule has 0 unspecified atom stereocenters. The van der Waals surface area contributed by atoms with Gasteiger partial charge in [-0.15, -0.1) is 11.3 Å². The number of carbonyl (C=O) groups is 1. The van der Waals surface area contributed by atoms with Gasteiger partial charge < -0.3 is 10.1 Å². The Morgan fingerprint density at radius 1 is 1.26 bits per heavy atom. The van der Waals surface area contributed by atoms with Crippen molar-refractivity contribution in [1.29, 1.82) is 0 Å².